The lowest BCUT2D eigenvalue weighted by atomic mass is 10.2. The number of aromatic nitrogens is 2. The number of phenols is 1. The van der Waals surface area contributed by atoms with E-state index >= 15 is 0 Å². The number of nitrogens with zero attached hydrogens (tertiary/aromatic N) is 4. The summed E-state index contributed by atoms with van der Waals surface area (Å²) in [6.45, 7) is 7.49. The fraction of sp³-hybridized carbons (Fsp3) is 0.429. The van der Waals surface area contributed by atoms with Gasteiger partial charge < -0.3 is 19.5 Å². The van der Waals surface area contributed by atoms with E-state index < -0.39 is 0 Å². The van der Waals surface area contributed by atoms with E-state index in [1.165, 1.54) is 4.88 Å². The Balaban J connectivity index is 1.56. The first kappa shape index (κ1) is 18.7. The van der Waals surface area contributed by atoms with Gasteiger partial charge in [-0.15, -0.1) is 11.3 Å². The summed E-state index contributed by atoms with van der Waals surface area (Å²) in [4.78, 5) is 15.8. The van der Waals surface area contributed by atoms with Gasteiger partial charge in [-0.2, -0.15) is 0 Å². The number of morpholine rings is 2. The molecule has 2 aliphatic heterocycles. The van der Waals surface area contributed by atoms with Gasteiger partial charge in [0.2, 0.25) is 0 Å². The van der Waals surface area contributed by atoms with Crippen molar-refractivity contribution in [3.8, 4) is 17.1 Å². The highest BCUT2D eigenvalue weighted by atomic mass is 32.1. The molecule has 152 valence electrons. The van der Waals surface area contributed by atoms with Crippen LogP contribution in [0.1, 0.15) is 4.88 Å². The lowest BCUT2D eigenvalue weighted by Gasteiger charge is -2.28. The molecular formula is C21H24N4O3S. The third-order valence-electron chi connectivity index (χ3n) is 5.30. The van der Waals surface area contributed by atoms with Crippen LogP contribution in [0.25, 0.3) is 21.6 Å². The van der Waals surface area contributed by atoms with Crippen molar-refractivity contribution >= 4 is 27.4 Å². The van der Waals surface area contributed by atoms with E-state index in [0.29, 0.717) is 19.0 Å². The first-order valence-electron chi connectivity index (χ1n) is 9.99. The fourth-order valence-electron chi connectivity index (χ4n) is 3.79. The standard InChI is InChI=1S/C21H24N4O3S/c26-16-3-1-2-15(12-16)20-22-18-13-17(14-24-4-8-27-9-5-24)29-19(18)21(23-20)25-6-10-28-11-7-25/h1-3,12-13,26H,4-11,14H2. The Kier molecular flexibility index (Phi) is 5.32. The van der Waals surface area contributed by atoms with Gasteiger partial charge in [0.05, 0.1) is 36.6 Å². The Morgan fingerprint density at radius 2 is 1.72 bits per heavy atom. The minimum absolute atomic E-state index is 0.220. The largest absolute Gasteiger partial charge is 0.508 e. The lowest BCUT2D eigenvalue weighted by molar-refractivity contribution is 0.0346. The second-order valence-electron chi connectivity index (χ2n) is 7.34. The summed E-state index contributed by atoms with van der Waals surface area (Å²) < 4.78 is 12.1. The quantitative estimate of drug-likeness (QED) is 0.706. The molecule has 0 bridgehead atoms. The minimum Gasteiger partial charge on any atom is -0.508 e. The maximum Gasteiger partial charge on any atom is 0.162 e. The summed E-state index contributed by atoms with van der Waals surface area (Å²) in [5.74, 6) is 1.83. The van der Waals surface area contributed by atoms with Crippen molar-refractivity contribution in [2.24, 2.45) is 0 Å². The lowest BCUT2D eigenvalue weighted by Crippen LogP contribution is -2.36. The molecule has 0 saturated carbocycles. The van der Waals surface area contributed by atoms with Crippen molar-refractivity contribution in [3.05, 3.63) is 35.2 Å². The second kappa shape index (κ2) is 8.23. The Labute approximate surface area is 173 Å². The minimum atomic E-state index is 0.220. The zero-order chi connectivity index (χ0) is 19.6. The predicted octanol–water partition coefficient (Wildman–Crippen LogP) is 2.73. The fourth-order valence-corrected chi connectivity index (χ4v) is 4.94. The molecule has 29 heavy (non-hydrogen) atoms. The maximum absolute atomic E-state index is 9.90. The Morgan fingerprint density at radius 1 is 0.966 bits per heavy atom. The third-order valence-corrected chi connectivity index (χ3v) is 6.41. The van der Waals surface area contributed by atoms with Gasteiger partial charge in [-0.1, -0.05) is 12.1 Å². The van der Waals surface area contributed by atoms with Crippen LogP contribution in [0.2, 0.25) is 0 Å². The predicted molar refractivity (Wildman–Crippen MR) is 114 cm³/mol. The third kappa shape index (κ3) is 4.06. The van der Waals surface area contributed by atoms with Crippen molar-refractivity contribution < 1.29 is 14.6 Å². The van der Waals surface area contributed by atoms with E-state index in [-0.39, 0.29) is 5.75 Å². The number of hydrogen-bond acceptors (Lipinski definition) is 8. The molecule has 0 unspecified atom stereocenters. The Hall–Kier alpha value is -2.26. The van der Waals surface area contributed by atoms with Crippen LogP contribution in [-0.2, 0) is 16.0 Å². The molecule has 0 atom stereocenters. The van der Waals surface area contributed by atoms with Gasteiger partial charge in [-0.05, 0) is 18.2 Å². The van der Waals surface area contributed by atoms with E-state index in [2.05, 4.69) is 15.9 Å². The normalized spacial score (nSPS) is 18.4. The molecule has 5 rings (SSSR count). The highest BCUT2D eigenvalue weighted by Gasteiger charge is 2.21. The average molecular weight is 413 g/mol. The number of anilines is 1. The van der Waals surface area contributed by atoms with Crippen LogP contribution in [0.3, 0.4) is 0 Å². The topological polar surface area (TPSA) is 71.0 Å². The van der Waals surface area contributed by atoms with Gasteiger partial charge in [0, 0.05) is 43.2 Å². The molecule has 2 fully saturated rings. The van der Waals surface area contributed by atoms with Crippen molar-refractivity contribution in [1.29, 1.82) is 0 Å². The van der Waals surface area contributed by atoms with Gasteiger partial charge in [0.25, 0.3) is 0 Å². The summed E-state index contributed by atoms with van der Waals surface area (Å²) in [7, 11) is 0. The average Bonchev–Trinajstić information content (AvgIpc) is 3.16. The van der Waals surface area contributed by atoms with E-state index in [9.17, 15) is 5.11 Å². The number of rotatable bonds is 4. The number of phenolic OH excluding ortho intramolecular Hbond substituents is 1. The molecule has 8 heteroatoms. The van der Waals surface area contributed by atoms with Gasteiger partial charge in [0.15, 0.2) is 11.6 Å². The molecule has 7 nitrogen and oxygen atoms in total. The molecule has 2 aliphatic rings. The zero-order valence-electron chi connectivity index (χ0n) is 16.2. The second-order valence-corrected chi connectivity index (χ2v) is 8.47. The summed E-state index contributed by atoms with van der Waals surface area (Å²) in [5, 5.41) is 9.90. The van der Waals surface area contributed by atoms with Gasteiger partial charge in [-0.3, -0.25) is 4.90 Å². The molecule has 0 amide bonds. The SMILES string of the molecule is Oc1cccc(-c2nc(N3CCOCC3)c3sc(CN4CCOCC4)cc3n2)c1. The molecule has 0 radical (unpaired) electrons. The van der Waals surface area contributed by atoms with Crippen LogP contribution in [0, 0.1) is 0 Å². The van der Waals surface area contributed by atoms with Gasteiger partial charge in [-0.25, -0.2) is 9.97 Å². The number of hydrogen-bond donors (Lipinski definition) is 1. The first-order valence-corrected chi connectivity index (χ1v) is 10.8. The summed E-state index contributed by atoms with van der Waals surface area (Å²) in [5.41, 5.74) is 1.79. The van der Waals surface area contributed by atoms with Crippen LogP contribution in [0.15, 0.2) is 30.3 Å². The van der Waals surface area contributed by atoms with E-state index in [1.54, 1.807) is 23.5 Å². The Morgan fingerprint density at radius 3 is 2.48 bits per heavy atom. The summed E-state index contributed by atoms with van der Waals surface area (Å²) >= 11 is 1.78. The van der Waals surface area contributed by atoms with Crippen molar-refractivity contribution in [2.45, 2.75) is 6.54 Å². The van der Waals surface area contributed by atoms with Crippen LogP contribution >= 0.6 is 11.3 Å². The molecule has 2 aromatic heterocycles. The molecule has 0 aliphatic carbocycles. The van der Waals surface area contributed by atoms with Crippen LogP contribution < -0.4 is 4.90 Å². The molecular weight excluding hydrogens is 388 g/mol. The van der Waals surface area contributed by atoms with Crippen molar-refractivity contribution in [3.63, 3.8) is 0 Å². The summed E-state index contributed by atoms with van der Waals surface area (Å²) in [6, 6.07) is 9.32. The van der Waals surface area contributed by atoms with Crippen LogP contribution in [-0.4, -0.2) is 72.6 Å². The van der Waals surface area contributed by atoms with E-state index in [4.69, 9.17) is 19.4 Å². The van der Waals surface area contributed by atoms with Gasteiger partial charge >= 0.3 is 0 Å². The molecule has 3 aromatic rings. The molecule has 1 aromatic carbocycles. The van der Waals surface area contributed by atoms with E-state index in [1.807, 2.05) is 12.1 Å². The Bertz CT molecular complexity index is 997. The number of ether oxygens (including phenoxy) is 2. The monoisotopic (exact) mass is 412 g/mol. The molecule has 1 N–H and O–H groups in total. The van der Waals surface area contributed by atoms with Crippen LogP contribution in [0.5, 0.6) is 5.75 Å². The van der Waals surface area contributed by atoms with E-state index in [0.717, 1.165) is 67.5 Å². The highest BCUT2D eigenvalue weighted by Crippen LogP contribution is 2.35. The van der Waals surface area contributed by atoms with Crippen molar-refractivity contribution in [1.82, 2.24) is 14.9 Å². The number of benzene rings is 1. The highest BCUT2D eigenvalue weighted by molar-refractivity contribution is 7.19. The first-order chi connectivity index (χ1) is 14.3. The molecule has 4 heterocycles. The van der Waals surface area contributed by atoms with Gasteiger partial charge in [0.1, 0.15) is 5.75 Å². The molecule has 2 saturated heterocycles. The zero-order valence-corrected chi connectivity index (χ0v) is 17.0. The molecule has 0 spiro atoms. The number of fused-ring (bicyclic) bond motifs is 1. The number of aromatic hydroxyl groups is 1. The maximum atomic E-state index is 9.90. The van der Waals surface area contributed by atoms with Crippen LogP contribution in [0.4, 0.5) is 5.82 Å². The summed E-state index contributed by atoms with van der Waals surface area (Å²) in [6.07, 6.45) is 0. The smallest absolute Gasteiger partial charge is 0.162 e. The number of thiophene rings is 1. The van der Waals surface area contributed by atoms with Crippen molar-refractivity contribution in [2.75, 3.05) is 57.5 Å².